The van der Waals surface area contributed by atoms with Crippen LogP contribution in [0, 0.1) is 11.3 Å². The summed E-state index contributed by atoms with van der Waals surface area (Å²) in [4.78, 5) is 27.0. The van der Waals surface area contributed by atoms with E-state index in [2.05, 4.69) is 4.98 Å². The Morgan fingerprint density at radius 1 is 1.07 bits per heavy atom. The number of aliphatic carboxylic acids is 1. The first-order valence-corrected chi connectivity index (χ1v) is 8.04. The van der Waals surface area contributed by atoms with Crippen LogP contribution in [0.3, 0.4) is 0 Å². The molecular formula is C20H14N2O5. The molecular weight excluding hydrogens is 348 g/mol. The Hall–Kier alpha value is -3.92. The van der Waals surface area contributed by atoms with E-state index in [1.165, 1.54) is 0 Å². The fourth-order valence-electron chi connectivity index (χ4n) is 2.57. The molecule has 7 heteroatoms. The van der Waals surface area contributed by atoms with Crippen LogP contribution in [0.15, 0.2) is 48.5 Å². The molecule has 0 aliphatic rings. The summed E-state index contributed by atoms with van der Waals surface area (Å²) in [5, 5.41) is 28.7. The van der Waals surface area contributed by atoms with Crippen molar-refractivity contribution < 1.29 is 24.5 Å². The van der Waals surface area contributed by atoms with Gasteiger partial charge in [0.25, 0.3) is 0 Å². The first kappa shape index (κ1) is 17.9. The highest BCUT2D eigenvalue weighted by atomic mass is 16.5. The van der Waals surface area contributed by atoms with E-state index >= 15 is 0 Å². The predicted octanol–water partition coefficient (Wildman–Crippen LogP) is 3.65. The number of aromatic hydroxyl groups is 1. The van der Waals surface area contributed by atoms with E-state index in [0.717, 1.165) is 0 Å². The third-order valence-corrected chi connectivity index (χ3v) is 3.85. The van der Waals surface area contributed by atoms with Crippen LogP contribution in [0.5, 0.6) is 17.2 Å². The Bertz CT molecular complexity index is 1070. The Labute approximate surface area is 154 Å². The number of rotatable bonds is 6. The molecule has 3 rings (SSSR count). The quantitative estimate of drug-likeness (QED) is 0.642. The molecule has 7 nitrogen and oxygen atoms in total. The zero-order valence-electron chi connectivity index (χ0n) is 14.0. The first-order chi connectivity index (χ1) is 13.0. The minimum absolute atomic E-state index is 0.0927. The van der Waals surface area contributed by atoms with Crippen molar-refractivity contribution in [3.05, 3.63) is 59.8 Å². The summed E-state index contributed by atoms with van der Waals surface area (Å²) in [6.45, 7) is 0. The van der Waals surface area contributed by atoms with Gasteiger partial charge in [0, 0.05) is 17.9 Å². The van der Waals surface area contributed by atoms with Crippen molar-refractivity contribution in [3.63, 3.8) is 0 Å². The molecule has 134 valence electrons. The Balaban J connectivity index is 2.04. The van der Waals surface area contributed by atoms with E-state index in [4.69, 9.17) is 9.84 Å². The van der Waals surface area contributed by atoms with Crippen LogP contribution in [0.25, 0.3) is 10.9 Å². The Morgan fingerprint density at radius 2 is 1.81 bits per heavy atom. The Kier molecular flexibility index (Phi) is 4.99. The van der Waals surface area contributed by atoms with Gasteiger partial charge in [0.05, 0.1) is 11.9 Å². The van der Waals surface area contributed by atoms with Crippen molar-refractivity contribution in [1.82, 2.24) is 4.98 Å². The minimum atomic E-state index is -1.14. The van der Waals surface area contributed by atoms with Crippen LogP contribution in [0.4, 0.5) is 0 Å². The van der Waals surface area contributed by atoms with Crippen LogP contribution >= 0.6 is 0 Å². The lowest BCUT2D eigenvalue weighted by atomic mass is 10.0. The Morgan fingerprint density at radius 3 is 2.48 bits per heavy atom. The molecule has 0 aliphatic carbocycles. The highest BCUT2D eigenvalue weighted by Crippen LogP contribution is 2.32. The number of para-hydroxylation sites is 1. The topological polar surface area (TPSA) is 121 Å². The molecule has 0 saturated carbocycles. The minimum Gasteiger partial charge on any atom is -0.504 e. The van der Waals surface area contributed by atoms with E-state index in [-0.39, 0.29) is 23.2 Å². The average molecular weight is 362 g/mol. The second kappa shape index (κ2) is 7.54. The molecule has 2 aromatic carbocycles. The zero-order valence-corrected chi connectivity index (χ0v) is 14.0. The third kappa shape index (κ3) is 3.85. The summed E-state index contributed by atoms with van der Waals surface area (Å²) in [7, 11) is 0. The fraction of sp³-hybridized carbons (Fsp3) is 0.100. The number of ether oxygens (including phenoxy) is 1. The van der Waals surface area contributed by atoms with E-state index in [1.807, 2.05) is 24.3 Å². The molecule has 3 aromatic rings. The summed E-state index contributed by atoms with van der Waals surface area (Å²) in [5.41, 5.74) is -0.126. The second-order valence-corrected chi connectivity index (χ2v) is 5.71. The van der Waals surface area contributed by atoms with Crippen LogP contribution in [0.2, 0.25) is 0 Å². The van der Waals surface area contributed by atoms with Crippen LogP contribution in [0.1, 0.15) is 28.9 Å². The largest absolute Gasteiger partial charge is 0.504 e. The van der Waals surface area contributed by atoms with Gasteiger partial charge >= 0.3 is 5.97 Å². The number of hydrogen-bond donors (Lipinski definition) is 2. The highest BCUT2D eigenvalue weighted by molar-refractivity contribution is 6.02. The van der Waals surface area contributed by atoms with Crippen LogP contribution in [-0.4, -0.2) is 26.9 Å². The lowest BCUT2D eigenvalue weighted by Crippen LogP contribution is -2.07. The number of Topliss-reactive ketones (excluding diaryl/α,β-unsaturated/α-hetero) is 1. The lowest BCUT2D eigenvalue weighted by Gasteiger charge is -2.10. The average Bonchev–Trinajstić information content (AvgIpc) is 2.66. The highest BCUT2D eigenvalue weighted by Gasteiger charge is 2.20. The number of nitriles is 1. The number of aromatic nitrogens is 1. The number of pyridine rings is 1. The molecule has 0 spiro atoms. The summed E-state index contributed by atoms with van der Waals surface area (Å²) in [6.07, 6.45) is -0.719. The molecule has 0 atom stereocenters. The lowest BCUT2D eigenvalue weighted by molar-refractivity contribution is -0.136. The molecule has 27 heavy (non-hydrogen) atoms. The summed E-state index contributed by atoms with van der Waals surface area (Å²) in [5.74, 6) is -1.28. The molecule has 2 N–H and O–H groups in total. The van der Waals surface area contributed by atoms with Crippen molar-refractivity contribution >= 4 is 22.7 Å². The SMILES string of the molecule is N#Cc1c(O)c(C(=O)CCC(=O)O)nc2cc(Oc3ccccc3)ccc12. The third-order valence-electron chi connectivity index (χ3n) is 3.85. The van der Waals surface area contributed by atoms with E-state index in [9.17, 15) is 20.0 Å². The molecule has 0 radical (unpaired) electrons. The number of benzene rings is 2. The van der Waals surface area contributed by atoms with Gasteiger partial charge in [0.1, 0.15) is 28.8 Å². The van der Waals surface area contributed by atoms with Gasteiger partial charge in [-0.25, -0.2) is 4.98 Å². The second-order valence-electron chi connectivity index (χ2n) is 5.71. The van der Waals surface area contributed by atoms with Gasteiger partial charge in [-0.1, -0.05) is 18.2 Å². The standard InChI is InChI=1S/C20H14N2O5/c21-11-15-14-7-6-13(27-12-4-2-1-3-5-12)10-16(14)22-19(20(15)26)17(23)8-9-18(24)25/h1-7,10,26H,8-9H2,(H,24,25). The van der Waals surface area contributed by atoms with Crippen LogP contribution < -0.4 is 4.74 Å². The van der Waals surface area contributed by atoms with Crippen molar-refractivity contribution in [2.24, 2.45) is 0 Å². The molecule has 0 amide bonds. The van der Waals surface area contributed by atoms with Crippen LogP contribution in [-0.2, 0) is 4.79 Å². The number of nitrogens with zero attached hydrogens (tertiary/aromatic N) is 2. The fourth-order valence-corrected chi connectivity index (χ4v) is 2.57. The number of hydrogen-bond acceptors (Lipinski definition) is 6. The summed E-state index contributed by atoms with van der Waals surface area (Å²) >= 11 is 0. The summed E-state index contributed by atoms with van der Waals surface area (Å²) in [6, 6.07) is 15.7. The van der Waals surface area contributed by atoms with Gasteiger partial charge in [-0.05, 0) is 24.3 Å². The van der Waals surface area contributed by atoms with Gasteiger partial charge < -0.3 is 14.9 Å². The van der Waals surface area contributed by atoms with E-state index in [1.54, 1.807) is 30.3 Å². The van der Waals surface area contributed by atoms with Gasteiger partial charge in [-0.2, -0.15) is 5.26 Å². The van der Waals surface area contributed by atoms with Gasteiger partial charge in [-0.3, -0.25) is 9.59 Å². The molecule has 0 fully saturated rings. The maximum absolute atomic E-state index is 12.2. The number of carboxylic acids is 1. The summed E-state index contributed by atoms with van der Waals surface area (Å²) < 4.78 is 5.72. The van der Waals surface area contributed by atoms with Crippen molar-refractivity contribution in [1.29, 1.82) is 5.26 Å². The monoisotopic (exact) mass is 362 g/mol. The predicted molar refractivity (Wildman–Crippen MR) is 95.8 cm³/mol. The van der Waals surface area contributed by atoms with Gasteiger partial charge in [0.15, 0.2) is 11.5 Å². The first-order valence-electron chi connectivity index (χ1n) is 8.04. The maximum Gasteiger partial charge on any atom is 0.303 e. The van der Waals surface area contributed by atoms with Gasteiger partial charge in [-0.15, -0.1) is 0 Å². The van der Waals surface area contributed by atoms with Gasteiger partial charge in [0.2, 0.25) is 0 Å². The number of carbonyl (C=O) groups is 2. The number of carbonyl (C=O) groups excluding carboxylic acids is 1. The molecule has 0 unspecified atom stereocenters. The number of fused-ring (bicyclic) bond motifs is 1. The normalized spacial score (nSPS) is 10.3. The molecule has 1 aromatic heterocycles. The van der Waals surface area contributed by atoms with E-state index in [0.29, 0.717) is 16.9 Å². The molecule has 0 saturated heterocycles. The van der Waals surface area contributed by atoms with Crippen molar-refractivity contribution in [2.45, 2.75) is 12.8 Å². The zero-order chi connectivity index (χ0) is 19.4. The maximum atomic E-state index is 12.2. The number of ketones is 1. The number of carboxylic acid groups (broad SMARTS) is 1. The van der Waals surface area contributed by atoms with E-state index < -0.39 is 23.9 Å². The molecule has 0 aliphatic heterocycles. The van der Waals surface area contributed by atoms with Crippen molar-refractivity contribution in [3.8, 4) is 23.3 Å². The van der Waals surface area contributed by atoms with Crippen molar-refractivity contribution in [2.75, 3.05) is 0 Å². The molecule has 1 heterocycles. The molecule has 0 bridgehead atoms. The smallest absolute Gasteiger partial charge is 0.303 e.